The van der Waals surface area contributed by atoms with Gasteiger partial charge in [0.05, 0.1) is 0 Å². The molecule has 0 radical (unpaired) electrons. The van der Waals surface area contributed by atoms with Crippen LogP contribution < -0.4 is 15.2 Å². The van der Waals surface area contributed by atoms with E-state index in [2.05, 4.69) is 0 Å². The van der Waals surface area contributed by atoms with E-state index in [0.29, 0.717) is 25.5 Å². The van der Waals surface area contributed by atoms with Crippen LogP contribution in [0.2, 0.25) is 0 Å². The molecule has 0 aliphatic rings. The van der Waals surface area contributed by atoms with Crippen LogP contribution in [-0.4, -0.2) is 19.8 Å². The molecule has 0 saturated heterocycles. The summed E-state index contributed by atoms with van der Waals surface area (Å²) in [6, 6.07) is 12.3. The van der Waals surface area contributed by atoms with Gasteiger partial charge < -0.3 is 15.2 Å². The van der Waals surface area contributed by atoms with Gasteiger partial charge in [-0.15, -0.1) is 0 Å². The van der Waals surface area contributed by atoms with Gasteiger partial charge in [-0.25, -0.2) is 4.39 Å². The number of nitrogens with two attached hydrogens (primary N) is 1. The van der Waals surface area contributed by atoms with Gasteiger partial charge in [0, 0.05) is 0 Å². The summed E-state index contributed by atoms with van der Waals surface area (Å²) in [5, 5.41) is 0. The van der Waals surface area contributed by atoms with Crippen LogP contribution in [0.1, 0.15) is 11.1 Å². The average Bonchev–Trinajstić information content (AvgIpc) is 2.47. The summed E-state index contributed by atoms with van der Waals surface area (Å²) in [4.78, 5) is 0. The van der Waals surface area contributed by atoms with E-state index in [4.69, 9.17) is 15.2 Å². The molecule has 0 unspecified atom stereocenters. The molecule has 0 fully saturated rings. The van der Waals surface area contributed by atoms with Crippen molar-refractivity contribution in [1.82, 2.24) is 0 Å². The molecule has 0 aliphatic carbocycles. The van der Waals surface area contributed by atoms with Gasteiger partial charge in [0.1, 0.15) is 30.5 Å². The quantitative estimate of drug-likeness (QED) is 0.797. The second-order valence-corrected chi connectivity index (χ2v) is 4.79. The molecule has 2 N–H and O–H groups in total. The molecule has 0 amide bonds. The molecule has 4 heteroatoms. The summed E-state index contributed by atoms with van der Waals surface area (Å²) in [7, 11) is 0. The first-order valence-electron chi connectivity index (χ1n) is 7.00. The summed E-state index contributed by atoms with van der Waals surface area (Å²) in [6.45, 7) is 3.31. The molecule has 0 atom stereocenters. The van der Waals surface area contributed by atoms with Crippen molar-refractivity contribution in [2.24, 2.45) is 5.73 Å². The molecule has 2 aromatic rings. The van der Waals surface area contributed by atoms with Crippen LogP contribution in [0.3, 0.4) is 0 Å². The standard InChI is InChI=1S/C17H20FNO2/c1-13-12-15(18)4-7-17(13)21-11-10-20-16-5-2-14(3-6-16)8-9-19/h2-7,12H,8-11,19H2,1H3. The Morgan fingerprint density at radius 3 is 2.38 bits per heavy atom. The van der Waals surface area contributed by atoms with Crippen LogP contribution in [0.4, 0.5) is 4.39 Å². The van der Waals surface area contributed by atoms with E-state index in [1.165, 1.54) is 17.7 Å². The molecule has 2 rings (SSSR count). The largest absolute Gasteiger partial charge is 0.490 e. The van der Waals surface area contributed by atoms with Crippen LogP contribution in [0, 0.1) is 12.7 Å². The van der Waals surface area contributed by atoms with Crippen molar-refractivity contribution in [3.05, 3.63) is 59.4 Å². The number of aryl methyl sites for hydroxylation is 1. The maximum Gasteiger partial charge on any atom is 0.123 e. The number of hydrogen-bond acceptors (Lipinski definition) is 3. The van der Waals surface area contributed by atoms with Crippen molar-refractivity contribution >= 4 is 0 Å². The van der Waals surface area contributed by atoms with E-state index in [0.717, 1.165) is 17.7 Å². The van der Waals surface area contributed by atoms with Gasteiger partial charge in [-0.1, -0.05) is 12.1 Å². The van der Waals surface area contributed by atoms with Gasteiger partial charge in [0.2, 0.25) is 0 Å². The lowest BCUT2D eigenvalue weighted by atomic mass is 10.1. The summed E-state index contributed by atoms with van der Waals surface area (Å²) in [5.74, 6) is 1.22. The Morgan fingerprint density at radius 1 is 1.00 bits per heavy atom. The fraction of sp³-hybridized carbons (Fsp3) is 0.294. The molecular formula is C17H20FNO2. The van der Waals surface area contributed by atoms with Gasteiger partial charge in [-0.05, 0) is 61.3 Å². The van der Waals surface area contributed by atoms with Gasteiger partial charge in [0.25, 0.3) is 0 Å². The van der Waals surface area contributed by atoms with Crippen LogP contribution in [0.5, 0.6) is 11.5 Å². The summed E-state index contributed by atoms with van der Waals surface area (Å²) in [5.41, 5.74) is 7.48. The van der Waals surface area contributed by atoms with E-state index < -0.39 is 0 Å². The minimum Gasteiger partial charge on any atom is -0.490 e. The molecule has 21 heavy (non-hydrogen) atoms. The monoisotopic (exact) mass is 289 g/mol. The van der Waals surface area contributed by atoms with Crippen LogP contribution in [0.25, 0.3) is 0 Å². The van der Waals surface area contributed by atoms with E-state index >= 15 is 0 Å². The number of halogens is 1. The zero-order chi connectivity index (χ0) is 15.1. The Bertz CT molecular complexity index is 570. The van der Waals surface area contributed by atoms with Crippen molar-refractivity contribution in [2.75, 3.05) is 19.8 Å². The highest BCUT2D eigenvalue weighted by molar-refractivity contribution is 5.32. The third-order valence-corrected chi connectivity index (χ3v) is 3.10. The summed E-state index contributed by atoms with van der Waals surface area (Å²) in [6.07, 6.45) is 0.868. The van der Waals surface area contributed by atoms with Crippen molar-refractivity contribution in [2.45, 2.75) is 13.3 Å². The summed E-state index contributed by atoms with van der Waals surface area (Å²) >= 11 is 0. The first-order valence-corrected chi connectivity index (χ1v) is 7.00. The normalized spacial score (nSPS) is 10.4. The SMILES string of the molecule is Cc1cc(F)ccc1OCCOc1ccc(CCN)cc1. The van der Waals surface area contributed by atoms with Crippen LogP contribution >= 0.6 is 0 Å². The average molecular weight is 289 g/mol. The van der Waals surface area contributed by atoms with Gasteiger partial charge >= 0.3 is 0 Å². The third-order valence-electron chi connectivity index (χ3n) is 3.10. The number of ether oxygens (including phenoxy) is 2. The van der Waals surface area contributed by atoms with Crippen LogP contribution in [-0.2, 0) is 6.42 Å². The van der Waals surface area contributed by atoms with Gasteiger partial charge in [-0.3, -0.25) is 0 Å². The van der Waals surface area contributed by atoms with E-state index in [1.807, 2.05) is 31.2 Å². The lowest BCUT2D eigenvalue weighted by Crippen LogP contribution is -2.09. The van der Waals surface area contributed by atoms with E-state index in [-0.39, 0.29) is 5.82 Å². The van der Waals surface area contributed by atoms with Crippen molar-refractivity contribution in [3.63, 3.8) is 0 Å². The zero-order valence-electron chi connectivity index (χ0n) is 12.1. The Morgan fingerprint density at radius 2 is 1.71 bits per heavy atom. The molecule has 0 saturated carbocycles. The fourth-order valence-electron chi connectivity index (χ4n) is 2.00. The maximum absolute atomic E-state index is 13.0. The van der Waals surface area contributed by atoms with Crippen molar-refractivity contribution in [1.29, 1.82) is 0 Å². The van der Waals surface area contributed by atoms with Gasteiger partial charge in [0.15, 0.2) is 0 Å². The second-order valence-electron chi connectivity index (χ2n) is 4.79. The molecule has 112 valence electrons. The Labute approximate surface area is 124 Å². The number of hydrogen-bond donors (Lipinski definition) is 1. The van der Waals surface area contributed by atoms with Gasteiger partial charge in [-0.2, -0.15) is 0 Å². The molecular weight excluding hydrogens is 269 g/mol. The highest BCUT2D eigenvalue weighted by Gasteiger charge is 2.01. The predicted octanol–water partition coefficient (Wildman–Crippen LogP) is 3.09. The second kappa shape index (κ2) is 7.64. The minimum absolute atomic E-state index is 0.256. The molecule has 3 nitrogen and oxygen atoms in total. The number of rotatable bonds is 7. The summed E-state index contributed by atoms with van der Waals surface area (Å²) < 4.78 is 24.1. The Hall–Kier alpha value is -2.07. The van der Waals surface area contributed by atoms with E-state index in [9.17, 15) is 4.39 Å². The lowest BCUT2D eigenvalue weighted by molar-refractivity contribution is 0.216. The first kappa shape index (κ1) is 15.3. The zero-order valence-corrected chi connectivity index (χ0v) is 12.1. The smallest absolute Gasteiger partial charge is 0.123 e. The number of benzene rings is 2. The lowest BCUT2D eigenvalue weighted by Gasteiger charge is -2.10. The maximum atomic E-state index is 13.0. The Kier molecular flexibility index (Phi) is 5.58. The molecule has 2 aromatic carbocycles. The highest BCUT2D eigenvalue weighted by atomic mass is 19.1. The first-order chi connectivity index (χ1) is 10.2. The molecule has 0 spiro atoms. The molecule has 0 bridgehead atoms. The molecule has 0 aromatic heterocycles. The van der Waals surface area contributed by atoms with Crippen molar-refractivity contribution in [3.8, 4) is 11.5 Å². The Balaban J connectivity index is 1.76. The molecule has 0 heterocycles. The fourth-order valence-corrected chi connectivity index (χ4v) is 2.00. The van der Waals surface area contributed by atoms with Crippen LogP contribution in [0.15, 0.2) is 42.5 Å². The third kappa shape index (κ3) is 4.76. The predicted molar refractivity (Wildman–Crippen MR) is 81.3 cm³/mol. The highest BCUT2D eigenvalue weighted by Crippen LogP contribution is 2.18. The minimum atomic E-state index is -0.256. The molecule has 0 aliphatic heterocycles. The van der Waals surface area contributed by atoms with E-state index in [1.54, 1.807) is 6.07 Å². The van der Waals surface area contributed by atoms with Crippen molar-refractivity contribution < 1.29 is 13.9 Å². The topological polar surface area (TPSA) is 44.5 Å².